The van der Waals surface area contributed by atoms with Gasteiger partial charge in [0.15, 0.2) is 0 Å². The van der Waals surface area contributed by atoms with Crippen LogP contribution >= 0.6 is 11.3 Å². The Morgan fingerprint density at radius 2 is 2.13 bits per heavy atom. The predicted octanol–water partition coefficient (Wildman–Crippen LogP) is 3.07. The Morgan fingerprint density at radius 3 is 3.00 bits per heavy atom. The summed E-state index contributed by atoms with van der Waals surface area (Å²) in [5, 5.41) is 10.3. The van der Waals surface area contributed by atoms with Gasteiger partial charge in [-0.2, -0.15) is 5.26 Å². The summed E-state index contributed by atoms with van der Waals surface area (Å²) in [6, 6.07) is 3.92. The van der Waals surface area contributed by atoms with Gasteiger partial charge in [0.25, 0.3) is 0 Å². The quantitative estimate of drug-likeness (QED) is 0.849. The lowest BCUT2D eigenvalue weighted by molar-refractivity contribution is 0.504. The third kappa shape index (κ3) is 2.93. The average Bonchev–Trinajstić information content (AvgIpc) is 3.06. The number of fused-ring (bicyclic) bond motifs is 1. The van der Waals surface area contributed by atoms with Crippen LogP contribution in [0.1, 0.15) is 53.0 Å². The van der Waals surface area contributed by atoms with Gasteiger partial charge in [0.2, 0.25) is 5.82 Å². The van der Waals surface area contributed by atoms with Crippen LogP contribution in [-0.4, -0.2) is 28.0 Å². The van der Waals surface area contributed by atoms with Gasteiger partial charge in [-0.1, -0.05) is 0 Å². The van der Waals surface area contributed by atoms with E-state index in [2.05, 4.69) is 14.9 Å². The largest absolute Gasteiger partial charge is 0.356 e. The Balaban J connectivity index is 1.55. The molecule has 1 aliphatic carbocycles. The molecule has 0 spiro atoms. The zero-order valence-corrected chi connectivity index (χ0v) is 13.8. The van der Waals surface area contributed by atoms with E-state index in [1.54, 1.807) is 6.20 Å². The molecule has 0 bridgehead atoms. The summed E-state index contributed by atoms with van der Waals surface area (Å²) < 4.78 is 0. The number of nitrogens with zero attached hydrogens (tertiary/aromatic N) is 5. The first-order chi connectivity index (χ1) is 11.3. The Morgan fingerprint density at radius 1 is 1.22 bits per heavy atom. The van der Waals surface area contributed by atoms with Crippen molar-refractivity contribution in [2.24, 2.45) is 0 Å². The Kier molecular flexibility index (Phi) is 3.96. The lowest BCUT2D eigenvalue weighted by Gasteiger charge is -2.32. The summed E-state index contributed by atoms with van der Waals surface area (Å²) >= 11 is 1.92. The van der Waals surface area contributed by atoms with Crippen LogP contribution in [-0.2, 0) is 12.8 Å². The molecule has 0 aromatic carbocycles. The predicted molar refractivity (Wildman–Crippen MR) is 89.7 cm³/mol. The molecule has 2 aromatic heterocycles. The molecule has 0 N–H and O–H groups in total. The van der Waals surface area contributed by atoms with E-state index in [1.165, 1.54) is 41.3 Å². The highest BCUT2D eigenvalue weighted by molar-refractivity contribution is 7.11. The zero-order chi connectivity index (χ0) is 15.6. The number of nitriles is 1. The second-order valence-corrected chi connectivity index (χ2v) is 7.38. The van der Waals surface area contributed by atoms with Crippen LogP contribution in [0.15, 0.2) is 12.3 Å². The van der Waals surface area contributed by atoms with Gasteiger partial charge in [0.1, 0.15) is 11.9 Å². The van der Waals surface area contributed by atoms with Gasteiger partial charge in [-0.05, 0) is 44.6 Å². The van der Waals surface area contributed by atoms with E-state index in [-0.39, 0.29) is 5.82 Å². The molecule has 3 heterocycles. The second kappa shape index (κ2) is 6.25. The molecule has 1 fully saturated rings. The van der Waals surface area contributed by atoms with Gasteiger partial charge < -0.3 is 4.90 Å². The maximum Gasteiger partial charge on any atom is 0.234 e. The monoisotopic (exact) mass is 325 g/mol. The van der Waals surface area contributed by atoms with Gasteiger partial charge in [0, 0.05) is 30.1 Å². The van der Waals surface area contributed by atoms with Crippen molar-refractivity contribution in [1.29, 1.82) is 5.26 Å². The fourth-order valence-electron chi connectivity index (χ4n) is 3.51. The molecule has 2 aliphatic rings. The molecule has 6 heteroatoms. The van der Waals surface area contributed by atoms with Gasteiger partial charge in [-0.25, -0.2) is 15.0 Å². The van der Waals surface area contributed by atoms with Crippen LogP contribution in [0.5, 0.6) is 0 Å². The standard InChI is InChI=1S/C17H19N5S/c18-10-15-19-8-7-16(21-15)22-9-3-4-12(11-22)17-20-13-5-1-2-6-14(13)23-17/h7-8,12H,1-6,9,11H2. The topological polar surface area (TPSA) is 65.7 Å². The van der Waals surface area contributed by atoms with Crippen LogP contribution in [0, 0.1) is 11.3 Å². The Hall–Kier alpha value is -2.00. The number of rotatable bonds is 2. The van der Waals surface area contributed by atoms with Crippen LogP contribution < -0.4 is 4.90 Å². The summed E-state index contributed by atoms with van der Waals surface area (Å²) in [5.74, 6) is 1.59. The number of aryl methyl sites for hydroxylation is 2. The average molecular weight is 325 g/mol. The van der Waals surface area contributed by atoms with E-state index in [1.807, 2.05) is 23.5 Å². The van der Waals surface area contributed by atoms with Crippen molar-refractivity contribution >= 4 is 17.2 Å². The smallest absolute Gasteiger partial charge is 0.234 e. The normalized spacial score (nSPS) is 20.8. The molecule has 4 rings (SSSR count). The summed E-state index contributed by atoms with van der Waals surface area (Å²) in [5.41, 5.74) is 1.35. The zero-order valence-electron chi connectivity index (χ0n) is 13.0. The first-order valence-corrected chi connectivity index (χ1v) is 9.11. The van der Waals surface area contributed by atoms with Gasteiger partial charge >= 0.3 is 0 Å². The highest BCUT2D eigenvalue weighted by atomic mass is 32.1. The SMILES string of the molecule is N#Cc1nccc(N2CCCC(c3nc4c(s3)CCCC4)C2)n1. The van der Waals surface area contributed by atoms with Crippen molar-refractivity contribution in [3.8, 4) is 6.07 Å². The number of hydrogen-bond donors (Lipinski definition) is 0. The van der Waals surface area contributed by atoms with Gasteiger partial charge in [-0.3, -0.25) is 0 Å². The molecular formula is C17H19N5S. The number of anilines is 1. The molecule has 1 unspecified atom stereocenters. The highest BCUT2D eigenvalue weighted by Crippen LogP contribution is 2.35. The molecule has 0 saturated carbocycles. The van der Waals surface area contributed by atoms with E-state index in [0.29, 0.717) is 5.92 Å². The maximum absolute atomic E-state index is 8.98. The summed E-state index contributed by atoms with van der Waals surface area (Å²) in [4.78, 5) is 17.0. The minimum atomic E-state index is 0.245. The third-order valence-corrected chi connectivity index (χ3v) is 6.02. The molecule has 1 saturated heterocycles. The summed E-state index contributed by atoms with van der Waals surface area (Å²) in [6.07, 6.45) is 8.96. The summed E-state index contributed by atoms with van der Waals surface area (Å²) in [6.45, 7) is 1.93. The lowest BCUT2D eigenvalue weighted by Crippen LogP contribution is -2.35. The van der Waals surface area contributed by atoms with E-state index in [4.69, 9.17) is 10.2 Å². The second-order valence-electron chi connectivity index (χ2n) is 6.26. The van der Waals surface area contributed by atoms with Crippen molar-refractivity contribution in [2.75, 3.05) is 18.0 Å². The number of aromatic nitrogens is 3. The maximum atomic E-state index is 8.98. The van der Waals surface area contributed by atoms with Crippen molar-refractivity contribution in [1.82, 2.24) is 15.0 Å². The molecule has 0 amide bonds. The highest BCUT2D eigenvalue weighted by Gasteiger charge is 2.26. The summed E-state index contributed by atoms with van der Waals surface area (Å²) in [7, 11) is 0. The van der Waals surface area contributed by atoms with Crippen LogP contribution in [0.2, 0.25) is 0 Å². The van der Waals surface area contributed by atoms with Crippen molar-refractivity contribution in [3.63, 3.8) is 0 Å². The lowest BCUT2D eigenvalue weighted by atomic mass is 9.98. The minimum Gasteiger partial charge on any atom is -0.356 e. The van der Waals surface area contributed by atoms with Crippen LogP contribution in [0.3, 0.4) is 0 Å². The fourth-order valence-corrected chi connectivity index (χ4v) is 4.79. The Labute approximate surface area is 140 Å². The Bertz CT molecular complexity index is 724. The van der Waals surface area contributed by atoms with Gasteiger partial charge in [0.05, 0.1) is 10.7 Å². The molecule has 1 aliphatic heterocycles. The minimum absolute atomic E-state index is 0.245. The van der Waals surface area contributed by atoms with Crippen LogP contribution in [0.4, 0.5) is 5.82 Å². The van der Waals surface area contributed by atoms with Crippen molar-refractivity contribution < 1.29 is 0 Å². The van der Waals surface area contributed by atoms with E-state index in [9.17, 15) is 0 Å². The van der Waals surface area contributed by atoms with E-state index >= 15 is 0 Å². The van der Waals surface area contributed by atoms with Crippen LogP contribution in [0.25, 0.3) is 0 Å². The van der Waals surface area contributed by atoms with Crippen molar-refractivity contribution in [2.45, 2.75) is 44.4 Å². The first kappa shape index (κ1) is 14.6. The molecular weight excluding hydrogens is 306 g/mol. The number of hydrogen-bond acceptors (Lipinski definition) is 6. The molecule has 5 nitrogen and oxygen atoms in total. The van der Waals surface area contributed by atoms with E-state index in [0.717, 1.165) is 31.7 Å². The first-order valence-electron chi connectivity index (χ1n) is 8.30. The molecule has 1 atom stereocenters. The van der Waals surface area contributed by atoms with E-state index < -0.39 is 0 Å². The van der Waals surface area contributed by atoms with Gasteiger partial charge in [-0.15, -0.1) is 11.3 Å². The number of piperidine rings is 1. The molecule has 0 radical (unpaired) electrons. The third-order valence-electron chi connectivity index (χ3n) is 4.70. The number of thiazole rings is 1. The fraction of sp³-hybridized carbons (Fsp3) is 0.529. The molecule has 2 aromatic rings. The molecule has 23 heavy (non-hydrogen) atoms. The molecule has 118 valence electrons. The van der Waals surface area contributed by atoms with Crippen molar-refractivity contribution in [3.05, 3.63) is 33.7 Å².